The molecule has 0 saturated carbocycles. The van der Waals surface area contributed by atoms with Crippen molar-refractivity contribution < 1.29 is 13.2 Å². The third-order valence-corrected chi connectivity index (χ3v) is 5.16. The summed E-state index contributed by atoms with van der Waals surface area (Å²) in [5.41, 5.74) is 5.89. The molecule has 2 aromatic rings. The normalized spacial score (nSPS) is 15.3. The second-order valence-corrected chi connectivity index (χ2v) is 7.16. The Bertz CT molecular complexity index is 928. The molecule has 1 unspecified atom stereocenters. The smallest absolute Gasteiger partial charge is 0.157 e. The summed E-state index contributed by atoms with van der Waals surface area (Å²) in [4.78, 5) is 0. The second kappa shape index (κ2) is 7.30. The number of nitrogens with zero attached hydrogens (tertiary/aromatic N) is 1. The van der Waals surface area contributed by atoms with E-state index in [0.29, 0.717) is 5.56 Å². The van der Waals surface area contributed by atoms with E-state index in [2.05, 4.69) is 6.07 Å². The van der Waals surface area contributed by atoms with Crippen LogP contribution in [0.3, 0.4) is 0 Å². The van der Waals surface area contributed by atoms with Gasteiger partial charge in [-0.3, -0.25) is 0 Å². The summed E-state index contributed by atoms with van der Waals surface area (Å²) in [5.74, 6) is -0.665. The molecular formula is C20H18FNO2S. The number of allylic oxidation sites excluding steroid dienone is 2. The Labute approximate surface area is 149 Å². The highest BCUT2D eigenvalue weighted by atomic mass is 32.2. The highest BCUT2D eigenvalue weighted by molar-refractivity contribution is 7.78. The van der Waals surface area contributed by atoms with Gasteiger partial charge in [0.15, 0.2) is 11.1 Å². The van der Waals surface area contributed by atoms with E-state index in [0.717, 1.165) is 47.1 Å². The molecule has 0 bridgehead atoms. The van der Waals surface area contributed by atoms with Gasteiger partial charge in [-0.05, 0) is 66.2 Å². The molecule has 0 aromatic heterocycles. The van der Waals surface area contributed by atoms with Gasteiger partial charge in [0.05, 0.1) is 17.4 Å². The Balaban J connectivity index is 2.03. The van der Waals surface area contributed by atoms with Crippen molar-refractivity contribution in [2.45, 2.75) is 31.9 Å². The maximum Gasteiger partial charge on any atom is 0.157 e. The number of benzene rings is 2. The summed E-state index contributed by atoms with van der Waals surface area (Å²) in [6.45, 7) is 1.91. The molecular weight excluding hydrogens is 337 g/mol. The Morgan fingerprint density at radius 1 is 1.16 bits per heavy atom. The monoisotopic (exact) mass is 355 g/mol. The lowest BCUT2D eigenvalue weighted by Crippen LogP contribution is -1.98. The number of aryl methyl sites for hydroxylation is 1. The molecule has 0 radical (unpaired) electrons. The summed E-state index contributed by atoms with van der Waals surface area (Å²) < 4.78 is 34.1. The lowest BCUT2D eigenvalue weighted by atomic mass is 9.94. The number of nitriles is 1. The van der Waals surface area contributed by atoms with E-state index in [4.69, 9.17) is 4.55 Å². The lowest BCUT2D eigenvalue weighted by Gasteiger charge is -2.11. The van der Waals surface area contributed by atoms with Crippen molar-refractivity contribution in [3.8, 4) is 6.07 Å². The van der Waals surface area contributed by atoms with Crippen molar-refractivity contribution in [1.82, 2.24) is 0 Å². The molecule has 3 nitrogen and oxygen atoms in total. The summed E-state index contributed by atoms with van der Waals surface area (Å²) in [5, 5.41) is 9.25. The molecule has 0 amide bonds. The van der Waals surface area contributed by atoms with Crippen LogP contribution in [0.15, 0.2) is 36.4 Å². The maximum atomic E-state index is 14.3. The highest BCUT2D eigenvalue weighted by Crippen LogP contribution is 2.40. The van der Waals surface area contributed by atoms with Crippen LogP contribution in [-0.4, -0.2) is 8.76 Å². The zero-order valence-corrected chi connectivity index (χ0v) is 14.7. The van der Waals surface area contributed by atoms with Gasteiger partial charge in [0.2, 0.25) is 0 Å². The maximum absolute atomic E-state index is 14.3. The molecule has 5 heteroatoms. The van der Waals surface area contributed by atoms with Crippen LogP contribution < -0.4 is 0 Å². The minimum Gasteiger partial charge on any atom is -0.306 e. The number of rotatable bonds is 4. The largest absolute Gasteiger partial charge is 0.306 e. The average molecular weight is 355 g/mol. The van der Waals surface area contributed by atoms with Gasteiger partial charge in [-0.1, -0.05) is 24.3 Å². The molecule has 128 valence electrons. The fourth-order valence-electron chi connectivity index (χ4n) is 3.30. The van der Waals surface area contributed by atoms with Crippen LogP contribution in [0.4, 0.5) is 4.39 Å². The van der Waals surface area contributed by atoms with E-state index in [1.54, 1.807) is 6.07 Å². The second-order valence-electron chi connectivity index (χ2n) is 6.22. The molecule has 0 heterocycles. The zero-order valence-electron chi connectivity index (χ0n) is 13.9. The van der Waals surface area contributed by atoms with E-state index in [9.17, 15) is 13.9 Å². The predicted octanol–water partition coefficient (Wildman–Crippen LogP) is 4.82. The highest BCUT2D eigenvalue weighted by Gasteiger charge is 2.19. The van der Waals surface area contributed by atoms with Gasteiger partial charge in [0.1, 0.15) is 5.82 Å². The van der Waals surface area contributed by atoms with Gasteiger partial charge in [-0.2, -0.15) is 5.26 Å². The summed E-state index contributed by atoms with van der Waals surface area (Å²) in [7, 11) is 0. The van der Waals surface area contributed by atoms with E-state index >= 15 is 0 Å². The Hall–Kier alpha value is -2.29. The third-order valence-electron chi connectivity index (χ3n) is 4.60. The van der Waals surface area contributed by atoms with Gasteiger partial charge in [-0.15, -0.1) is 0 Å². The quantitative estimate of drug-likeness (QED) is 0.800. The lowest BCUT2D eigenvalue weighted by molar-refractivity contribution is 0.559. The van der Waals surface area contributed by atoms with Gasteiger partial charge in [-0.25, -0.2) is 8.60 Å². The third kappa shape index (κ3) is 3.71. The van der Waals surface area contributed by atoms with Crippen molar-refractivity contribution in [3.63, 3.8) is 0 Å². The van der Waals surface area contributed by atoms with Gasteiger partial charge in [0, 0.05) is 5.56 Å². The molecule has 1 N–H and O–H groups in total. The van der Waals surface area contributed by atoms with E-state index in [-0.39, 0.29) is 11.3 Å². The Kier molecular flexibility index (Phi) is 5.12. The predicted molar refractivity (Wildman–Crippen MR) is 97.4 cm³/mol. The van der Waals surface area contributed by atoms with E-state index < -0.39 is 16.9 Å². The molecule has 1 aliphatic rings. The molecule has 1 atom stereocenters. The molecule has 3 rings (SSSR count). The molecule has 1 aliphatic carbocycles. The first-order valence-electron chi connectivity index (χ1n) is 8.09. The van der Waals surface area contributed by atoms with Gasteiger partial charge >= 0.3 is 0 Å². The average Bonchev–Trinajstić information content (AvgIpc) is 3.06. The van der Waals surface area contributed by atoms with Crippen LogP contribution in [0.1, 0.15) is 47.1 Å². The molecule has 2 aromatic carbocycles. The zero-order chi connectivity index (χ0) is 18.0. The minimum atomic E-state index is -2.06. The number of hydrogen-bond acceptors (Lipinski definition) is 2. The van der Waals surface area contributed by atoms with Crippen molar-refractivity contribution in [2.24, 2.45) is 0 Å². The van der Waals surface area contributed by atoms with Crippen LogP contribution in [0.25, 0.3) is 11.1 Å². The standard InChI is InChI=1S/C20H18FNO2S/c1-13-5-6-14(9-17(13)11-22)18-3-2-4-19(18)15-7-8-16(12-25(23)24)20(21)10-15/h5-10H,2-4,12H2,1H3,(H,23,24). The topological polar surface area (TPSA) is 61.1 Å². The van der Waals surface area contributed by atoms with Crippen LogP contribution in [0.5, 0.6) is 0 Å². The van der Waals surface area contributed by atoms with Crippen LogP contribution in [0.2, 0.25) is 0 Å². The summed E-state index contributed by atoms with van der Waals surface area (Å²) in [6.07, 6.45) is 2.74. The fourth-order valence-corrected chi connectivity index (χ4v) is 3.80. The number of hydrogen-bond donors (Lipinski definition) is 1. The van der Waals surface area contributed by atoms with Crippen molar-refractivity contribution in [3.05, 3.63) is 70.0 Å². The van der Waals surface area contributed by atoms with E-state index in [1.807, 2.05) is 31.2 Å². The van der Waals surface area contributed by atoms with Crippen molar-refractivity contribution >= 4 is 22.2 Å². The van der Waals surface area contributed by atoms with Crippen LogP contribution in [-0.2, 0) is 16.8 Å². The summed E-state index contributed by atoms with van der Waals surface area (Å²) in [6, 6.07) is 12.9. The number of halogens is 1. The van der Waals surface area contributed by atoms with Crippen molar-refractivity contribution in [2.75, 3.05) is 0 Å². The first-order valence-corrected chi connectivity index (χ1v) is 9.36. The molecule has 0 saturated heterocycles. The first kappa shape index (κ1) is 17.5. The van der Waals surface area contributed by atoms with Crippen LogP contribution >= 0.6 is 0 Å². The Morgan fingerprint density at radius 3 is 2.40 bits per heavy atom. The summed E-state index contributed by atoms with van der Waals surface area (Å²) >= 11 is -2.06. The molecule has 0 aliphatic heterocycles. The molecule has 0 fully saturated rings. The first-order chi connectivity index (χ1) is 12.0. The van der Waals surface area contributed by atoms with Crippen molar-refractivity contribution in [1.29, 1.82) is 5.26 Å². The van der Waals surface area contributed by atoms with Crippen LogP contribution in [0, 0.1) is 24.1 Å². The van der Waals surface area contributed by atoms with Gasteiger partial charge in [0.25, 0.3) is 0 Å². The van der Waals surface area contributed by atoms with E-state index in [1.165, 1.54) is 6.07 Å². The minimum absolute atomic E-state index is 0.207. The van der Waals surface area contributed by atoms with Gasteiger partial charge < -0.3 is 4.55 Å². The fraction of sp³-hybridized carbons (Fsp3) is 0.250. The SMILES string of the molecule is Cc1ccc(C2=C(c3ccc(CS(=O)O)c(F)c3)CCC2)cc1C#N. The Morgan fingerprint density at radius 2 is 1.80 bits per heavy atom. The molecule has 25 heavy (non-hydrogen) atoms. The molecule has 0 spiro atoms.